The van der Waals surface area contributed by atoms with E-state index in [9.17, 15) is 14.7 Å². The van der Waals surface area contributed by atoms with Gasteiger partial charge in [-0.15, -0.1) is 0 Å². The molecule has 0 aliphatic heterocycles. The number of anilines is 1. The molecular formula is C13H13NO5. The Morgan fingerprint density at radius 1 is 1.47 bits per heavy atom. The molecule has 2 N–H and O–H groups in total. The molecule has 0 aliphatic carbocycles. The van der Waals surface area contributed by atoms with Gasteiger partial charge in [0.1, 0.15) is 17.0 Å². The van der Waals surface area contributed by atoms with E-state index >= 15 is 0 Å². The summed E-state index contributed by atoms with van der Waals surface area (Å²) in [5.41, 5.74) is 0.976. The Morgan fingerprint density at radius 2 is 2.21 bits per heavy atom. The second-order valence-corrected chi connectivity index (χ2v) is 3.97. The minimum atomic E-state index is -0.642. The molecule has 19 heavy (non-hydrogen) atoms. The second kappa shape index (κ2) is 5.11. The first-order chi connectivity index (χ1) is 9.12. The lowest BCUT2D eigenvalue weighted by Gasteiger charge is -2.12. The van der Waals surface area contributed by atoms with E-state index in [1.54, 1.807) is 13.0 Å². The standard InChI is InChI=1S/C13H13NO5/c1-7-9(5-15)11(18-2)4-8-3-10(14-6-16)13(17)19-12(7)8/h3-4,6,15H,5H2,1-2H3,(H,14,16). The van der Waals surface area contributed by atoms with E-state index in [1.807, 2.05) is 0 Å². The number of hydrogen-bond acceptors (Lipinski definition) is 5. The SMILES string of the molecule is COc1cc2cc(NC=O)c(=O)oc2c(C)c1CO. The van der Waals surface area contributed by atoms with Gasteiger partial charge in [-0.1, -0.05) is 0 Å². The molecule has 100 valence electrons. The van der Waals surface area contributed by atoms with Gasteiger partial charge >= 0.3 is 5.63 Å². The lowest BCUT2D eigenvalue weighted by atomic mass is 10.0. The number of benzene rings is 1. The maximum Gasteiger partial charge on any atom is 0.360 e. The summed E-state index contributed by atoms with van der Waals surface area (Å²) < 4.78 is 10.4. The van der Waals surface area contributed by atoms with Crippen LogP contribution in [0.5, 0.6) is 5.75 Å². The first kappa shape index (κ1) is 13.1. The van der Waals surface area contributed by atoms with Gasteiger partial charge in [-0.25, -0.2) is 4.79 Å². The van der Waals surface area contributed by atoms with E-state index < -0.39 is 5.63 Å². The Morgan fingerprint density at radius 3 is 2.79 bits per heavy atom. The van der Waals surface area contributed by atoms with Crippen LogP contribution in [-0.4, -0.2) is 18.6 Å². The van der Waals surface area contributed by atoms with Gasteiger partial charge in [-0.3, -0.25) is 4.79 Å². The number of aliphatic hydroxyl groups is 1. The molecule has 0 atom stereocenters. The molecule has 1 heterocycles. The van der Waals surface area contributed by atoms with Crippen molar-refractivity contribution in [1.82, 2.24) is 0 Å². The van der Waals surface area contributed by atoms with Crippen LogP contribution in [0.15, 0.2) is 21.3 Å². The van der Waals surface area contributed by atoms with Gasteiger partial charge < -0.3 is 19.6 Å². The highest BCUT2D eigenvalue weighted by atomic mass is 16.5. The van der Waals surface area contributed by atoms with Crippen LogP contribution in [0, 0.1) is 6.92 Å². The first-order valence-electron chi connectivity index (χ1n) is 5.57. The van der Waals surface area contributed by atoms with Crippen LogP contribution in [-0.2, 0) is 11.4 Å². The number of amides is 1. The van der Waals surface area contributed by atoms with Crippen molar-refractivity contribution in [3.05, 3.63) is 33.7 Å². The lowest BCUT2D eigenvalue weighted by molar-refractivity contribution is -0.105. The van der Waals surface area contributed by atoms with Gasteiger partial charge in [0, 0.05) is 16.5 Å². The summed E-state index contributed by atoms with van der Waals surface area (Å²) in [4.78, 5) is 22.1. The summed E-state index contributed by atoms with van der Waals surface area (Å²) in [5.74, 6) is 0.499. The summed E-state index contributed by atoms with van der Waals surface area (Å²) in [6, 6.07) is 3.15. The minimum absolute atomic E-state index is 0.0562. The molecule has 6 nitrogen and oxygen atoms in total. The van der Waals surface area contributed by atoms with Gasteiger partial charge in [0.05, 0.1) is 13.7 Å². The van der Waals surface area contributed by atoms with Gasteiger partial charge in [-0.05, 0) is 19.1 Å². The minimum Gasteiger partial charge on any atom is -0.496 e. The Balaban J connectivity index is 2.80. The van der Waals surface area contributed by atoms with Crippen LogP contribution in [0.1, 0.15) is 11.1 Å². The normalized spacial score (nSPS) is 10.5. The number of aliphatic hydroxyl groups excluding tert-OH is 1. The Bertz CT molecular complexity index is 689. The van der Waals surface area contributed by atoms with Crippen LogP contribution in [0.25, 0.3) is 11.0 Å². The summed E-state index contributed by atoms with van der Waals surface area (Å²) in [6.45, 7) is 1.51. The van der Waals surface area contributed by atoms with E-state index in [1.165, 1.54) is 13.2 Å². The van der Waals surface area contributed by atoms with Crippen LogP contribution in [0.4, 0.5) is 5.69 Å². The molecule has 0 aliphatic rings. The monoisotopic (exact) mass is 263 g/mol. The zero-order valence-corrected chi connectivity index (χ0v) is 10.5. The van der Waals surface area contributed by atoms with Crippen molar-refractivity contribution in [3.8, 4) is 5.75 Å². The number of hydrogen-bond donors (Lipinski definition) is 2. The van der Waals surface area contributed by atoms with E-state index in [2.05, 4.69) is 5.32 Å². The summed E-state index contributed by atoms with van der Waals surface area (Å²) >= 11 is 0. The molecule has 0 fully saturated rings. The second-order valence-electron chi connectivity index (χ2n) is 3.97. The number of fused-ring (bicyclic) bond motifs is 1. The molecule has 1 aromatic heterocycles. The molecule has 0 saturated heterocycles. The highest BCUT2D eigenvalue weighted by molar-refractivity contribution is 5.87. The van der Waals surface area contributed by atoms with Crippen LogP contribution in [0.2, 0.25) is 0 Å². The molecule has 1 aromatic carbocycles. The van der Waals surface area contributed by atoms with Crippen molar-refractivity contribution in [2.45, 2.75) is 13.5 Å². The van der Waals surface area contributed by atoms with E-state index in [0.717, 1.165) is 0 Å². The van der Waals surface area contributed by atoms with Crippen molar-refractivity contribution in [2.75, 3.05) is 12.4 Å². The van der Waals surface area contributed by atoms with Crippen molar-refractivity contribution >= 4 is 23.1 Å². The van der Waals surface area contributed by atoms with E-state index in [4.69, 9.17) is 9.15 Å². The van der Waals surface area contributed by atoms with E-state index in [0.29, 0.717) is 34.3 Å². The van der Waals surface area contributed by atoms with Crippen molar-refractivity contribution in [3.63, 3.8) is 0 Å². The number of ether oxygens (including phenoxy) is 1. The van der Waals surface area contributed by atoms with Crippen molar-refractivity contribution in [2.24, 2.45) is 0 Å². The number of methoxy groups -OCH3 is 1. The number of rotatable bonds is 4. The predicted octanol–water partition coefficient (Wildman–Crippen LogP) is 1.17. The van der Waals surface area contributed by atoms with Crippen LogP contribution < -0.4 is 15.7 Å². The fraction of sp³-hybridized carbons (Fsp3) is 0.231. The zero-order chi connectivity index (χ0) is 14.0. The summed E-state index contributed by atoms with van der Waals surface area (Å²) in [7, 11) is 1.49. The molecule has 0 bridgehead atoms. The highest BCUT2D eigenvalue weighted by Gasteiger charge is 2.14. The maximum atomic E-state index is 11.6. The van der Waals surface area contributed by atoms with Gasteiger partial charge in [0.2, 0.25) is 6.41 Å². The molecule has 0 radical (unpaired) electrons. The average molecular weight is 263 g/mol. The fourth-order valence-corrected chi connectivity index (χ4v) is 1.98. The lowest BCUT2D eigenvalue weighted by Crippen LogP contribution is -2.09. The molecule has 2 aromatic rings. The molecule has 2 rings (SSSR count). The van der Waals surface area contributed by atoms with Crippen molar-refractivity contribution in [1.29, 1.82) is 0 Å². The smallest absolute Gasteiger partial charge is 0.360 e. The highest BCUT2D eigenvalue weighted by Crippen LogP contribution is 2.30. The summed E-state index contributed by atoms with van der Waals surface area (Å²) in [6.07, 6.45) is 0.407. The largest absolute Gasteiger partial charge is 0.496 e. The Hall–Kier alpha value is -2.34. The molecule has 0 spiro atoms. The third kappa shape index (κ3) is 2.17. The van der Waals surface area contributed by atoms with Gasteiger partial charge in [-0.2, -0.15) is 0 Å². The zero-order valence-electron chi connectivity index (χ0n) is 10.5. The molecule has 6 heteroatoms. The van der Waals surface area contributed by atoms with E-state index in [-0.39, 0.29) is 12.3 Å². The number of aryl methyl sites for hydroxylation is 1. The first-order valence-corrected chi connectivity index (χ1v) is 5.57. The fourth-order valence-electron chi connectivity index (χ4n) is 1.98. The third-order valence-corrected chi connectivity index (χ3v) is 2.95. The topological polar surface area (TPSA) is 88.8 Å². The average Bonchev–Trinajstić information content (AvgIpc) is 2.40. The van der Waals surface area contributed by atoms with Crippen LogP contribution >= 0.6 is 0 Å². The van der Waals surface area contributed by atoms with Gasteiger partial charge in [0.25, 0.3) is 0 Å². The van der Waals surface area contributed by atoms with Gasteiger partial charge in [0.15, 0.2) is 0 Å². The Labute approximate surface area is 108 Å². The molecular weight excluding hydrogens is 250 g/mol. The summed E-state index contributed by atoms with van der Waals surface area (Å²) in [5, 5.41) is 12.2. The number of carbonyl (C=O) groups excluding carboxylic acids is 1. The predicted molar refractivity (Wildman–Crippen MR) is 69.4 cm³/mol. The van der Waals surface area contributed by atoms with Crippen LogP contribution in [0.3, 0.4) is 0 Å². The molecule has 1 amide bonds. The Kier molecular flexibility index (Phi) is 3.52. The third-order valence-electron chi connectivity index (χ3n) is 2.95. The number of nitrogens with one attached hydrogen (secondary N) is 1. The quantitative estimate of drug-likeness (QED) is 0.638. The van der Waals surface area contributed by atoms with Crippen molar-refractivity contribution < 1.29 is 19.1 Å². The number of carbonyl (C=O) groups is 1. The maximum absolute atomic E-state index is 11.6. The molecule has 0 saturated carbocycles. The molecule has 0 unspecified atom stereocenters.